The summed E-state index contributed by atoms with van der Waals surface area (Å²) in [7, 11) is 0. The predicted octanol–water partition coefficient (Wildman–Crippen LogP) is 4.79. The summed E-state index contributed by atoms with van der Waals surface area (Å²) in [5.41, 5.74) is 3.58. The topological polar surface area (TPSA) is 81.2 Å². The second-order valence-corrected chi connectivity index (χ2v) is 8.77. The molecule has 32 heavy (non-hydrogen) atoms. The van der Waals surface area contributed by atoms with Crippen LogP contribution in [0.15, 0.2) is 70.1 Å². The van der Waals surface area contributed by atoms with Gasteiger partial charge in [0.1, 0.15) is 6.54 Å². The molecule has 0 unspecified atom stereocenters. The van der Waals surface area contributed by atoms with E-state index in [1.807, 2.05) is 31.2 Å². The number of carbonyl (C=O) groups is 1. The molecule has 160 valence electrons. The van der Waals surface area contributed by atoms with Crippen LogP contribution in [0, 0.1) is 6.92 Å². The van der Waals surface area contributed by atoms with Gasteiger partial charge < -0.3 is 4.42 Å². The molecule has 0 bridgehead atoms. The van der Waals surface area contributed by atoms with Gasteiger partial charge in [-0.3, -0.25) is 19.2 Å². The number of rotatable bonds is 5. The van der Waals surface area contributed by atoms with E-state index < -0.39 is 5.76 Å². The molecule has 0 aliphatic rings. The van der Waals surface area contributed by atoms with Crippen LogP contribution in [0.1, 0.15) is 11.1 Å². The zero-order chi connectivity index (χ0) is 22.2. The fourth-order valence-electron chi connectivity index (χ4n) is 3.58. The molecule has 0 saturated heterocycles. The van der Waals surface area contributed by atoms with Crippen LogP contribution < -0.4 is 10.7 Å². The first-order chi connectivity index (χ1) is 15.5. The molecule has 0 spiro atoms. The molecular weight excluding hydrogens is 448 g/mol. The van der Waals surface area contributed by atoms with Gasteiger partial charge in [0.15, 0.2) is 10.7 Å². The lowest BCUT2D eigenvalue weighted by atomic mass is 10.2. The van der Waals surface area contributed by atoms with Crippen LogP contribution in [0.25, 0.3) is 21.3 Å². The van der Waals surface area contributed by atoms with Crippen molar-refractivity contribution >= 4 is 55.3 Å². The number of pyridine rings is 1. The van der Waals surface area contributed by atoms with Crippen LogP contribution in [0.2, 0.25) is 5.02 Å². The summed E-state index contributed by atoms with van der Waals surface area (Å²) in [6, 6.07) is 14.4. The fourth-order valence-corrected chi connectivity index (χ4v) is 5.02. The van der Waals surface area contributed by atoms with Crippen LogP contribution in [0.4, 0.5) is 5.13 Å². The van der Waals surface area contributed by atoms with Gasteiger partial charge >= 0.3 is 5.76 Å². The van der Waals surface area contributed by atoms with E-state index in [4.69, 9.17) is 21.0 Å². The second-order valence-electron chi connectivity index (χ2n) is 7.33. The van der Waals surface area contributed by atoms with Gasteiger partial charge in [-0.15, -0.1) is 0 Å². The van der Waals surface area contributed by atoms with Gasteiger partial charge in [-0.1, -0.05) is 41.1 Å². The first kappa shape index (κ1) is 20.4. The molecule has 0 N–H and O–H groups in total. The van der Waals surface area contributed by atoms with Gasteiger partial charge in [0.25, 0.3) is 0 Å². The van der Waals surface area contributed by atoms with E-state index in [2.05, 4.69) is 4.98 Å². The van der Waals surface area contributed by atoms with Crippen LogP contribution in [-0.2, 0) is 17.9 Å². The van der Waals surface area contributed by atoms with E-state index in [1.54, 1.807) is 41.6 Å². The first-order valence-electron chi connectivity index (χ1n) is 9.84. The number of nitrogens with zero attached hydrogens (tertiary/aromatic N) is 4. The standard InChI is InChI=1S/C23H17ClN4O3S/c1-14-9-16(24)10-19-21(14)26-22(32-19)28(12-15-5-4-8-25-11-15)20(29)13-27-17-6-2-3-7-18(17)31-23(27)30/h2-11H,12-13H2,1H3. The van der Waals surface area contributed by atoms with Crippen molar-refractivity contribution in [3.8, 4) is 0 Å². The Kier molecular flexibility index (Phi) is 5.24. The molecule has 7 nitrogen and oxygen atoms in total. The lowest BCUT2D eigenvalue weighted by molar-refractivity contribution is -0.119. The molecule has 5 rings (SSSR count). The molecule has 0 atom stereocenters. The summed E-state index contributed by atoms with van der Waals surface area (Å²) in [6.07, 6.45) is 3.38. The highest BCUT2D eigenvalue weighted by Crippen LogP contribution is 2.34. The first-order valence-corrected chi connectivity index (χ1v) is 11.0. The van der Waals surface area contributed by atoms with Gasteiger partial charge in [-0.2, -0.15) is 0 Å². The SMILES string of the molecule is Cc1cc(Cl)cc2sc(N(Cc3cccnc3)C(=O)Cn3c(=O)oc4ccccc43)nc12. The maximum absolute atomic E-state index is 13.5. The van der Waals surface area contributed by atoms with Crippen LogP contribution in [0.5, 0.6) is 0 Å². The molecule has 3 heterocycles. The molecule has 0 saturated carbocycles. The number of amides is 1. The maximum Gasteiger partial charge on any atom is 0.420 e. The van der Waals surface area contributed by atoms with Gasteiger partial charge in [-0.25, -0.2) is 9.78 Å². The lowest BCUT2D eigenvalue weighted by Crippen LogP contribution is -2.35. The Balaban J connectivity index is 1.56. The summed E-state index contributed by atoms with van der Waals surface area (Å²) in [5.74, 6) is -0.863. The molecule has 5 aromatic rings. The number of hydrogen-bond donors (Lipinski definition) is 0. The molecule has 0 radical (unpaired) electrons. The molecule has 0 aliphatic heterocycles. The zero-order valence-electron chi connectivity index (χ0n) is 17.0. The number of fused-ring (bicyclic) bond motifs is 2. The van der Waals surface area contributed by atoms with Gasteiger partial charge in [0.2, 0.25) is 5.91 Å². The fraction of sp³-hybridized carbons (Fsp3) is 0.130. The number of aryl methyl sites for hydroxylation is 1. The number of carbonyl (C=O) groups excluding carboxylic acids is 1. The Hall–Kier alpha value is -3.49. The number of oxazole rings is 1. The van der Waals surface area contributed by atoms with Gasteiger partial charge in [0.05, 0.1) is 22.3 Å². The highest BCUT2D eigenvalue weighted by molar-refractivity contribution is 7.22. The summed E-state index contributed by atoms with van der Waals surface area (Å²) >= 11 is 7.59. The Morgan fingerprint density at radius 1 is 1.22 bits per heavy atom. The number of anilines is 1. The lowest BCUT2D eigenvalue weighted by Gasteiger charge is -2.20. The number of halogens is 1. The van der Waals surface area contributed by atoms with E-state index >= 15 is 0 Å². The molecule has 0 aliphatic carbocycles. The van der Waals surface area contributed by atoms with Crippen molar-refractivity contribution < 1.29 is 9.21 Å². The molecule has 1 amide bonds. The number of para-hydroxylation sites is 2. The number of hydrogen-bond acceptors (Lipinski definition) is 6. The monoisotopic (exact) mass is 464 g/mol. The third kappa shape index (κ3) is 3.79. The van der Waals surface area contributed by atoms with E-state index in [-0.39, 0.29) is 19.0 Å². The smallest absolute Gasteiger partial charge is 0.408 e. The van der Waals surface area contributed by atoms with Gasteiger partial charge in [0, 0.05) is 17.4 Å². The Morgan fingerprint density at radius 2 is 2.06 bits per heavy atom. The zero-order valence-corrected chi connectivity index (χ0v) is 18.6. The highest BCUT2D eigenvalue weighted by Gasteiger charge is 2.23. The molecular formula is C23H17ClN4O3S. The Bertz CT molecular complexity index is 1510. The van der Waals surface area contributed by atoms with E-state index in [1.165, 1.54) is 15.9 Å². The van der Waals surface area contributed by atoms with E-state index in [0.29, 0.717) is 21.3 Å². The third-order valence-electron chi connectivity index (χ3n) is 5.10. The third-order valence-corrected chi connectivity index (χ3v) is 6.35. The minimum absolute atomic E-state index is 0.175. The average Bonchev–Trinajstić information content (AvgIpc) is 3.34. The van der Waals surface area contributed by atoms with Crippen molar-refractivity contribution in [3.63, 3.8) is 0 Å². The molecule has 9 heteroatoms. The average molecular weight is 465 g/mol. The maximum atomic E-state index is 13.5. The number of benzene rings is 2. The normalized spacial score (nSPS) is 11.3. The second kappa shape index (κ2) is 8.22. The largest absolute Gasteiger partial charge is 0.420 e. The summed E-state index contributed by atoms with van der Waals surface area (Å²) in [4.78, 5) is 36.3. The minimum Gasteiger partial charge on any atom is -0.408 e. The van der Waals surface area contributed by atoms with Gasteiger partial charge in [-0.05, 0) is 48.4 Å². The Morgan fingerprint density at radius 3 is 2.88 bits per heavy atom. The van der Waals surface area contributed by atoms with Crippen molar-refractivity contribution in [2.24, 2.45) is 0 Å². The molecule has 2 aromatic carbocycles. The van der Waals surface area contributed by atoms with Crippen LogP contribution >= 0.6 is 22.9 Å². The predicted molar refractivity (Wildman–Crippen MR) is 125 cm³/mol. The Labute approximate surface area is 191 Å². The van der Waals surface area contributed by atoms with E-state index in [9.17, 15) is 9.59 Å². The van der Waals surface area contributed by atoms with Crippen molar-refractivity contribution in [2.45, 2.75) is 20.0 Å². The summed E-state index contributed by atoms with van der Waals surface area (Å²) < 4.78 is 7.51. The number of aromatic nitrogens is 3. The van der Waals surface area contributed by atoms with E-state index in [0.717, 1.165) is 21.3 Å². The van der Waals surface area contributed by atoms with Crippen molar-refractivity contribution in [2.75, 3.05) is 4.90 Å². The summed E-state index contributed by atoms with van der Waals surface area (Å²) in [6.45, 7) is 2.03. The van der Waals surface area contributed by atoms with Crippen LogP contribution in [0.3, 0.4) is 0 Å². The minimum atomic E-state index is -0.576. The van der Waals surface area contributed by atoms with Crippen molar-refractivity contribution in [1.82, 2.24) is 14.5 Å². The molecule has 3 aromatic heterocycles. The number of thiazole rings is 1. The highest BCUT2D eigenvalue weighted by atomic mass is 35.5. The molecule has 0 fully saturated rings. The van der Waals surface area contributed by atoms with Crippen molar-refractivity contribution in [3.05, 3.63) is 87.6 Å². The van der Waals surface area contributed by atoms with Crippen molar-refractivity contribution in [1.29, 1.82) is 0 Å². The van der Waals surface area contributed by atoms with Crippen LogP contribution in [-0.4, -0.2) is 20.4 Å². The summed E-state index contributed by atoms with van der Waals surface area (Å²) in [5, 5.41) is 1.15. The quantitative estimate of drug-likeness (QED) is 0.373.